The summed E-state index contributed by atoms with van der Waals surface area (Å²) >= 11 is 0. The molecule has 12 heteroatoms. The van der Waals surface area contributed by atoms with Gasteiger partial charge in [-0.3, -0.25) is 0 Å². The molecule has 0 aliphatic rings. The number of aromatic nitrogens is 12. The Bertz CT molecular complexity index is 5020. The van der Waals surface area contributed by atoms with Crippen molar-refractivity contribution in [1.29, 1.82) is 0 Å². The van der Waals surface area contributed by atoms with Crippen LogP contribution >= 0.6 is 0 Å². The molecule has 0 radical (unpaired) electrons. The summed E-state index contributed by atoms with van der Waals surface area (Å²) < 4.78 is 24.8. The second-order valence-corrected chi connectivity index (χ2v) is 28.4. The lowest BCUT2D eigenvalue weighted by Gasteiger charge is -2.18. The number of aryl methyl sites for hydroxylation is 8. The number of rotatable bonds is 14. The van der Waals surface area contributed by atoms with Crippen LogP contribution in [0.15, 0.2) is 232 Å². The van der Waals surface area contributed by atoms with E-state index >= 15 is 0 Å². The quantitative estimate of drug-likeness (QED) is 0.100. The highest BCUT2D eigenvalue weighted by Gasteiger charge is 2.34. The van der Waals surface area contributed by atoms with E-state index in [0.29, 0.717) is 35.5 Å². The predicted octanol–water partition coefficient (Wildman–Crippen LogP) is 18.6. The number of benzene rings is 7. The normalized spacial score (nSPS) is 11.6. The maximum Gasteiger partial charge on any atom is 0.330 e. The van der Waals surface area contributed by atoms with E-state index in [9.17, 15) is 0 Å². The van der Waals surface area contributed by atoms with Crippen molar-refractivity contribution in [3.63, 3.8) is 0 Å². The Balaban J connectivity index is 0.000000135. The summed E-state index contributed by atoms with van der Waals surface area (Å²) in [5.74, 6) is 8.41. The van der Waals surface area contributed by atoms with Crippen LogP contribution in [0.1, 0.15) is 158 Å². The summed E-state index contributed by atoms with van der Waals surface area (Å²) in [5.41, 5.74) is 23.5. The van der Waals surface area contributed by atoms with Crippen LogP contribution < -0.4 is 18.3 Å². The predicted molar refractivity (Wildman–Crippen MR) is 409 cm³/mol. The van der Waals surface area contributed by atoms with E-state index < -0.39 is 0 Å². The average Bonchev–Trinajstić information content (AvgIpc) is 1.61. The lowest BCUT2D eigenvalue weighted by atomic mass is 9.92. The van der Waals surface area contributed by atoms with Gasteiger partial charge in [0.1, 0.15) is 58.9 Å². The van der Waals surface area contributed by atoms with E-state index in [2.05, 4.69) is 371 Å². The van der Waals surface area contributed by atoms with E-state index in [-0.39, 0.29) is 0 Å². The molecule has 0 atom stereocenters. The first kappa shape index (κ1) is 70.0. The molecule has 0 N–H and O–H groups in total. The molecule has 7 aromatic carbocycles. The third kappa shape index (κ3) is 13.7. The number of imidazole rings is 5. The van der Waals surface area contributed by atoms with E-state index in [1.165, 1.54) is 112 Å². The van der Waals surface area contributed by atoms with Crippen LogP contribution in [-0.4, -0.2) is 37.0 Å². The molecular weight excluding hydrogens is 1210 g/mol. The molecule has 0 amide bonds. The van der Waals surface area contributed by atoms with Gasteiger partial charge in [-0.05, 0) is 115 Å². The molecule has 7 heterocycles. The van der Waals surface area contributed by atoms with Crippen LogP contribution in [0.4, 0.5) is 0 Å². The third-order valence-electron chi connectivity index (χ3n) is 19.5. The van der Waals surface area contributed by atoms with Crippen LogP contribution in [0.25, 0.3) is 90.9 Å². The molecule has 0 fully saturated rings. The molecule has 14 aromatic rings. The van der Waals surface area contributed by atoms with Gasteiger partial charge in [0, 0.05) is 79.3 Å². The van der Waals surface area contributed by atoms with Gasteiger partial charge in [0.2, 0.25) is 5.82 Å². The van der Waals surface area contributed by atoms with Crippen molar-refractivity contribution < 1.29 is 18.3 Å². The Morgan fingerprint density at radius 1 is 0.333 bits per heavy atom. The molecule has 99 heavy (non-hydrogen) atoms. The lowest BCUT2D eigenvalue weighted by Crippen LogP contribution is -2.31. The molecule has 0 bridgehead atoms. The first-order valence-corrected chi connectivity index (χ1v) is 35.4. The summed E-state index contributed by atoms with van der Waals surface area (Å²) in [6.07, 6.45) is 16.4. The van der Waals surface area contributed by atoms with Gasteiger partial charge in [0.25, 0.3) is 5.82 Å². The smallest absolute Gasteiger partial charge is 0.330 e. The number of para-hydroxylation sites is 8. The second-order valence-electron chi connectivity index (χ2n) is 28.4. The van der Waals surface area contributed by atoms with Crippen LogP contribution in [0.2, 0.25) is 0 Å². The minimum Gasteiger partial charge on any atom is -0.344 e. The zero-order valence-corrected chi connectivity index (χ0v) is 62.3. The van der Waals surface area contributed by atoms with Crippen LogP contribution in [0.5, 0.6) is 0 Å². The third-order valence-corrected chi connectivity index (χ3v) is 19.5. The van der Waals surface area contributed by atoms with Crippen molar-refractivity contribution in [2.24, 2.45) is 49.3 Å². The maximum atomic E-state index is 4.43. The minimum atomic E-state index is 0.444. The molecule has 508 valence electrons. The van der Waals surface area contributed by atoms with Crippen molar-refractivity contribution in [3.8, 4) is 68.8 Å². The maximum absolute atomic E-state index is 4.43. The largest absolute Gasteiger partial charge is 0.344 e. The van der Waals surface area contributed by atoms with Gasteiger partial charge >= 0.3 is 17.5 Å². The van der Waals surface area contributed by atoms with Gasteiger partial charge in [0.05, 0.1) is 33.8 Å². The van der Waals surface area contributed by atoms with E-state index in [4.69, 9.17) is 0 Å². The van der Waals surface area contributed by atoms with Gasteiger partial charge in [-0.15, -0.1) is 0 Å². The SMILES string of the molecule is CC(C)c1cccc(C(C)C)c1-n1c(-c2cccn2C)[n+](C)c2ccccc21.CC(C)c1cccc(C(C)C)c1-n1cc[n+](C)c1-c1cccn1C.Cc1ccccc1-c1n(-c2c(C(C)C)cccc2C(C)C)c2ccccc2[n+]1C.Cn1ccnc1-c1n(-c2ccccc2)cc[n+]1C. The van der Waals surface area contributed by atoms with Crippen molar-refractivity contribution in [1.82, 2.24) is 37.0 Å². The van der Waals surface area contributed by atoms with Gasteiger partial charge in [-0.2, -0.15) is 18.3 Å². The molecule has 0 unspecified atom stereocenters. The molecule has 12 nitrogen and oxygen atoms in total. The Morgan fingerprint density at radius 3 is 1.16 bits per heavy atom. The van der Waals surface area contributed by atoms with Crippen LogP contribution in [-0.2, 0) is 49.3 Å². The second kappa shape index (κ2) is 29.8. The molecule has 0 aliphatic heterocycles. The molecule has 0 saturated heterocycles. The van der Waals surface area contributed by atoms with Gasteiger partial charge in [-0.1, -0.05) is 198 Å². The van der Waals surface area contributed by atoms with E-state index in [1.807, 2.05) is 55.5 Å². The Hall–Kier alpha value is -10.3. The molecule has 0 spiro atoms. The van der Waals surface area contributed by atoms with Crippen LogP contribution in [0, 0.1) is 6.92 Å². The number of nitrogens with zero attached hydrogens (tertiary/aromatic N) is 12. The Morgan fingerprint density at radius 2 is 0.727 bits per heavy atom. The fourth-order valence-electron chi connectivity index (χ4n) is 14.3. The molecule has 0 saturated carbocycles. The monoisotopic (exact) mass is 1320 g/mol. The fraction of sp³-hybridized carbons (Fsp3) is 0.299. The highest BCUT2D eigenvalue weighted by atomic mass is 15.2. The minimum absolute atomic E-state index is 0.444. The molecule has 0 aliphatic carbocycles. The molecule has 7 aromatic heterocycles. The number of hydrogen-bond acceptors (Lipinski definition) is 1. The Kier molecular flexibility index (Phi) is 21.1. The highest BCUT2D eigenvalue weighted by molar-refractivity contribution is 5.82. The summed E-state index contributed by atoms with van der Waals surface area (Å²) in [4.78, 5) is 4.43. The zero-order valence-electron chi connectivity index (χ0n) is 62.3. The van der Waals surface area contributed by atoms with E-state index in [0.717, 1.165) is 17.3 Å². The van der Waals surface area contributed by atoms with Gasteiger partial charge < -0.3 is 13.7 Å². The summed E-state index contributed by atoms with van der Waals surface area (Å²) in [6, 6.07) is 65.4. The fourth-order valence-corrected chi connectivity index (χ4v) is 14.3. The first-order chi connectivity index (χ1) is 47.5. The van der Waals surface area contributed by atoms with Crippen molar-refractivity contribution in [2.75, 3.05) is 0 Å². The standard InChI is InChI=1S/C27H31N2.C25H30N3.C21H28N3.C14H15N4/c1-18(2)21-14-11-15-22(19(3)4)26(21)29-25-17-10-9-16-24(25)28(6)27(29)23-13-8-7-12-20(23)5;1-17(2)19-11-9-12-20(18(3)4)24(19)28-22-14-8-7-13-21(22)27(6)25(28)23-15-10-16-26(23)5;1-15(2)17-9-7-10-18(16(3)4)20(17)24-14-13-23(6)21(24)19-11-8-12-22(19)5;1-16-9-8-15-13(16)14-17(2)10-11-18(14)12-6-4-3-5-7-12/h7-19H,1-6H3;7-18H,1-6H3;7-16H,1-6H3;3-11H,1-2H3/q4*+1. The average molecular weight is 1320 g/mol. The Labute approximate surface area is 588 Å². The van der Waals surface area contributed by atoms with Crippen molar-refractivity contribution >= 4 is 22.1 Å². The summed E-state index contributed by atoms with van der Waals surface area (Å²) in [5, 5.41) is 0. The highest BCUT2D eigenvalue weighted by Crippen LogP contribution is 2.40. The van der Waals surface area contributed by atoms with E-state index in [1.54, 1.807) is 0 Å². The summed E-state index contributed by atoms with van der Waals surface area (Å²) in [6.45, 7) is 29.6. The topological polar surface area (TPSA) is 62.9 Å². The van der Waals surface area contributed by atoms with Gasteiger partial charge in [-0.25, -0.2) is 23.3 Å². The summed E-state index contributed by atoms with van der Waals surface area (Å²) in [7, 11) is 14.7. The number of hydrogen-bond donors (Lipinski definition) is 0. The lowest BCUT2D eigenvalue weighted by molar-refractivity contribution is -0.659. The zero-order chi connectivity index (χ0) is 70.7. The van der Waals surface area contributed by atoms with Crippen molar-refractivity contribution in [3.05, 3.63) is 271 Å². The van der Waals surface area contributed by atoms with Crippen LogP contribution in [0.3, 0.4) is 0 Å². The first-order valence-electron chi connectivity index (χ1n) is 35.4. The molecule has 14 rings (SSSR count). The number of fused-ring (bicyclic) bond motifs is 2. The molecular formula is C87H104N12+4. The van der Waals surface area contributed by atoms with Gasteiger partial charge in [0.15, 0.2) is 22.1 Å². The van der Waals surface area contributed by atoms with Crippen molar-refractivity contribution in [2.45, 2.75) is 126 Å².